The molecule has 0 saturated carbocycles. The summed E-state index contributed by atoms with van der Waals surface area (Å²) in [6, 6.07) is 27.2. The van der Waals surface area contributed by atoms with E-state index in [0.29, 0.717) is 0 Å². The molecule has 0 fully saturated rings. The fraction of sp³-hybridized carbons (Fsp3) is 0. The highest BCUT2D eigenvalue weighted by molar-refractivity contribution is 6.16. The summed E-state index contributed by atoms with van der Waals surface area (Å²) in [6.07, 6.45) is 0. The number of aromatic nitrogens is 2. The molecule has 2 nitrogen and oxygen atoms in total. The Morgan fingerprint density at radius 1 is 0.652 bits per heavy atom. The number of para-hydroxylation sites is 2. The first-order valence-corrected chi connectivity index (χ1v) is 7.76. The predicted molar refractivity (Wildman–Crippen MR) is 96.5 cm³/mol. The van der Waals surface area contributed by atoms with Gasteiger partial charge in [-0.2, -0.15) is 0 Å². The maximum Gasteiger partial charge on any atom is 0.0971 e. The quantitative estimate of drug-likeness (QED) is 0.432. The molecule has 0 radical (unpaired) electrons. The number of benzene rings is 3. The molecule has 0 atom stereocenters. The Morgan fingerprint density at radius 3 is 2.22 bits per heavy atom. The van der Waals surface area contributed by atoms with Crippen LogP contribution in [0.1, 0.15) is 0 Å². The van der Waals surface area contributed by atoms with Gasteiger partial charge in [-0.1, -0.05) is 66.7 Å². The maximum absolute atomic E-state index is 4.92. The van der Waals surface area contributed by atoms with Crippen LogP contribution in [0.5, 0.6) is 0 Å². The molecule has 0 saturated heterocycles. The zero-order valence-corrected chi connectivity index (χ0v) is 12.5. The van der Waals surface area contributed by atoms with E-state index in [9.17, 15) is 0 Å². The summed E-state index contributed by atoms with van der Waals surface area (Å²) in [5.41, 5.74) is 6.74. The van der Waals surface area contributed by atoms with Crippen molar-refractivity contribution < 1.29 is 0 Å². The lowest BCUT2D eigenvalue weighted by molar-refractivity contribution is 1.48. The standard InChI is InChI=1S/C21H14N2/c1-2-8-14(9-3-1)19-15-10-4-6-12-17(15)22-20-16-11-5-7-13-18(16)23-21(19)20/h1-13,23H. The van der Waals surface area contributed by atoms with Crippen LogP contribution in [0.2, 0.25) is 0 Å². The summed E-state index contributed by atoms with van der Waals surface area (Å²) < 4.78 is 0. The maximum atomic E-state index is 4.92. The molecular formula is C21H14N2. The first-order chi connectivity index (χ1) is 11.4. The fourth-order valence-electron chi connectivity index (χ4n) is 3.37. The molecule has 0 aliphatic carbocycles. The Labute approximate surface area is 133 Å². The second kappa shape index (κ2) is 4.68. The third-order valence-corrected chi connectivity index (χ3v) is 4.40. The summed E-state index contributed by atoms with van der Waals surface area (Å²) >= 11 is 0. The third kappa shape index (κ3) is 1.78. The topological polar surface area (TPSA) is 28.7 Å². The average Bonchev–Trinajstić information content (AvgIpc) is 2.98. The van der Waals surface area contributed by atoms with E-state index in [1.54, 1.807) is 0 Å². The molecule has 2 heteroatoms. The van der Waals surface area contributed by atoms with Crippen molar-refractivity contribution in [3.63, 3.8) is 0 Å². The van der Waals surface area contributed by atoms with E-state index in [4.69, 9.17) is 4.98 Å². The molecule has 108 valence electrons. The van der Waals surface area contributed by atoms with Crippen LogP contribution in [-0.2, 0) is 0 Å². The molecule has 5 aromatic rings. The summed E-state index contributed by atoms with van der Waals surface area (Å²) in [5, 5.41) is 2.35. The highest BCUT2D eigenvalue weighted by Gasteiger charge is 2.14. The van der Waals surface area contributed by atoms with Crippen molar-refractivity contribution in [2.45, 2.75) is 0 Å². The number of nitrogens with zero attached hydrogens (tertiary/aromatic N) is 1. The number of hydrogen-bond acceptors (Lipinski definition) is 1. The lowest BCUT2D eigenvalue weighted by atomic mass is 9.99. The minimum absolute atomic E-state index is 1.03. The minimum Gasteiger partial charge on any atom is -0.353 e. The van der Waals surface area contributed by atoms with Crippen LogP contribution in [0.15, 0.2) is 78.9 Å². The predicted octanol–water partition coefficient (Wildman–Crippen LogP) is 5.54. The van der Waals surface area contributed by atoms with Crippen molar-refractivity contribution >= 4 is 32.8 Å². The second-order valence-electron chi connectivity index (χ2n) is 5.76. The molecular weight excluding hydrogens is 280 g/mol. The molecule has 0 aliphatic rings. The van der Waals surface area contributed by atoms with Gasteiger partial charge in [-0.25, -0.2) is 4.98 Å². The van der Waals surface area contributed by atoms with Gasteiger partial charge >= 0.3 is 0 Å². The highest BCUT2D eigenvalue weighted by Crippen LogP contribution is 2.37. The Bertz CT molecular complexity index is 1150. The lowest BCUT2D eigenvalue weighted by Crippen LogP contribution is -1.87. The first-order valence-electron chi connectivity index (χ1n) is 7.76. The van der Waals surface area contributed by atoms with Gasteiger partial charge in [0.05, 0.1) is 16.6 Å². The number of aromatic amines is 1. The molecule has 3 aromatic carbocycles. The number of fused-ring (bicyclic) bond motifs is 4. The number of H-pyrrole nitrogens is 1. The van der Waals surface area contributed by atoms with Gasteiger partial charge in [-0.05, 0) is 17.7 Å². The molecule has 0 bridgehead atoms. The van der Waals surface area contributed by atoms with E-state index < -0.39 is 0 Å². The van der Waals surface area contributed by atoms with Crippen LogP contribution in [0.3, 0.4) is 0 Å². The SMILES string of the molecule is c1ccc(-c2c3ccccc3nc3c2[nH]c2ccccc23)cc1. The smallest absolute Gasteiger partial charge is 0.0971 e. The minimum atomic E-state index is 1.03. The Morgan fingerprint density at radius 2 is 1.35 bits per heavy atom. The van der Waals surface area contributed by atoms with E-state index in [-0.39, 0.29) is 0 Å². The van der Waals surface area contributed by atoms with Crippen molar-refractivity contribution in [3.05, 3.63) is 78.9 Å². The molecule has 0 aliphatic heterocycles. The average molecular weight is 294 g/mol. The van der Waals surface area contributed by atoms with E-state index >= 15 is 0 Å². The van der Waals surface area contributed by atoms with E-state index in [0.717, 1.165) is 22.1 Å². The van der Waals surface area contributed by atoms with Gasteiger partial charge in [0.1, 0.15) is 0 Å². The van der Waals surface area contributed by atoms with Crippen LogP contribution in [-0.4, -0.2) is 9.97 Å². The van der Waals surface area contributed by atoms with Crippen LogP contribution >= 0.6 is 0 Å². The van der Waals surface area contributed by atoms with Crippen LogP contribution in [0.25, 0.3) is 44.0 Å². The summed E-state index contributed by atoms with van der Waals surface area (Å²) in [5.74, 6) is 0. The van der Waals surface area contributed by atoms with Crippen LogP contribution in [0, 0.1) is 0 Å². The monoisotopic (exact) mass is 294 g/mol. The zero-order chi connectivity index (χ0) is 15.2. The molecule has 5 rings (SSSR count). The number of nitrogens with one attached hydrogen (secondary N) is 1. The van der Waals surface area contributed by atoms with Gasteiger partial charge in [0.25, 0.3) is 0 Å². The largest absolute Gasteiger partial charge is 0.353 e. The van der Waals surface area contributed by atoms with E-state index in [2.05, 4.69) is 77.8 Å². The molecule has 0 amide bonds. The first kappa shape index (κ1) is 12.4. The van der Waals surface area contributed by atoms with Gasteiger partial charge in [0.15, 0.2) is 0 Å². The van der Waals surface area contributed by atoms with Crippen molar-refractivity contribution in [1.82, 2.24) is 9.97 Å². The van der Waals surface area contributed by atoms with Crippen molar-refractivity contribution in [1.29, 1.82) is 0 Å². The van der Waals surface area contributed by atoms with Gasteiger partial charge in [0, 0.05) is 21.9 Å². The van der Waals surface area contributed by atoms with Crippen molar-refractivity contribution in [2.75, 3.05) is 0 Å². The van der Waals surface area contributed by atoms with Gasteiger partial charge in [-0.3, -0.25) is 0 Å². The van der Waals surface area contributed by atoms with E-state index in [1.807, 2.05) is 6.07 Å². The fourth-order valence-corrected chi connectivity index (χ4v) is 3.37. The molecule has 2 heterocycles. The Balaban J connectivity index is 2.06. The molecule has 23 heavy (non-hydrogen) atoms. The molecule has 1 N–H and O–H groups in total. The molecule has 0 spiro atoms. The number of pyridine rings is 1. The van der Waals surface area contributed by atoms with Gasteiger partial charge < -0.3 is 4.98 Å². The summed E-state index contributed by atoms with van der Waals surface area (Å²) in [7, 11) is 0. The van der Waals surface area contributed by atoms with Crippen molar-refractivity contribution in [2.24, 2.45) is 0 Å². The van der Waals surface area contributed by atoms with Gasteiger partial charge in [-0.15, -0.1) is 0 Å². The van der Waals surface area contributed by atoms with E-state index in [1.165, 1.54) is 21.9 Å². The Hall–Kier alpha value is -3.13. The summed E-state index contributed by atoms with van der Waals surface area (Å²) in [6.45, 7) is 0. The summed E-state index contributed by atoms with van der Waals surface area (Å²) in [4.78, 5) is 8.50. The lowest BCUT2D eigenvalue weighted by Gasteiger charge is -2.08. The highest BCUT2D eigenvalue weighted by atomic mass is 14.8. The van der Waals surface area contributed by atoms with Gasteiger partial charge in [0.2, 0.25) is 0 Å². The number of hydrogen-bond donors (Lipinski definition) is 1. The second-order valence-corrected chi connectivity index (χ2v) is 5.76. The zero-order valence-electron chi connectivity index (χ0n) is 12.5. The van der Waals surface area contributed by atoms with Crippen LogP contribution < -0.4 is 0 Å². The van der Waals surface area contributed by atoms with Crippen molar-refractivity contribution in [3.8, 4) is 11.1 Å². The Kier molecular flexibility index (Phi) is 2.53. The molecule has 0 unspecified atom stereocenters. The normalized spacial score (nSPS) is 11.5. The molecule has 2 aromatic heterocycles. The van der Waals surface area contributed by atoms with Crippen LogP contribution in [0.4, 0.5) is 0 Å². The third-order valence-electron chi connectivity index (χ3n) is 4.40. The number of rotatable bonds is 1.